The van der Waals surface area contributed by atoms with Crippen molar-refractivity contribution in [2.24, 2.45) is 0 Å². The number of likely N-dealkylation sites (tertiary alicyclic amines) is 1. The maximum atomic E-state index is 12.8. The number of aromatic nitrogens is 3. The number of aliphatic hydroxyl groups is 1. The highest BCUT2D eigenvalue weighted by Crippen LogP contribution is 2.21. The number of β-amino-alcohol motifs (C(OH)–C–C–N with tert-alkyl or cyclic N) is 1. The minimum atomic E-state index is -2.69. The summed E-state index contributed by atoms with van der Waals surface area (Å²) in [7, 11) is 0. The Bertz CT molecular complexity index is 665. The minimum absolute atomic E-state index is 0.284. The maximum Gasteiger partial charge on any atom is 0.297 e. The van der Waals surface area contributed by atoms with Gasteiger partial charge in [-0.25, -0.2) is 18.7 Å². The average molecular weight is 294 g/mol. The summed E-state index contributed by atoms with van der Waals surface area (Å²) in [5.74, 6) is -0.462. The molecule has 5 nitrogen and oxygen atoms in total. The van der Waals surface area contributed by atoms with Gasteiger partial charge in [0.2, 0.25) is 0 Å². The van der Waals surface area contributed by atoms with Gasteiger partial charge in [-0.05, 0) is 25.0 Å². The molecule has 2 aromatic heterocycles. The van der Waals surface area contributed by atoms with Crippen molar-refractivity contribution in [2.45, 2.75) is 32.4 Å². The summed E-state index contributed by atoms with van der Waals surface area (Å²) in [6.45, 7) is 3.74. The zero-order valence-corrected chi connectivity index (χ0v) is 11.6. The molecule has 0 radical (unpaired) electrons. The van der Waals surface area contributed by atoms with Crippen LogP contribution >= 0.6 is 0 Å². The SMILES string of the molecule is Cc1nc(C(F)F)nc2cc(CN3CCC(O)C3)cnc12. The quantitative estimate of drug-likeness (QED) is 0.936. The number of fused-ring (bicyclic) bond motifs is 1. The van der Waals surface area contributed by atoms with Crippen molar-refractivity contribution in [3.63, 3.8) is 0 Å². The van der Waals surface area contributed by atoms with E-state index in [0.717, 1.165) is 18.5 Å². The van der Waals surface area contributed by atoms with Crippen LogP contribution in [-0.4, -0.2) is 44.2 Å². The number of aliphatic hydroxyl groups excluding tert-OH is 1. The Morgan fingerprint density at radius 1 is 1.43 bits per heavy atom. The Morgan fingerprint density at radius 2 is 2.24 bits per heavy atom. The van der Waals surface area contributed by atoms with E-state index in [0.29, 0.717) is 29.8 Å². The van der Waals surface area contributed by atoms with Crippen LogP contribution < -0.4 is 0 Å². The van der Waals surface area contributed by atoms with Crippen LogP contribution in [0.1, 0.15) is 29.9 Å². The Balaban J connectivity index is 1.91. The number of hydrogen-bond donors (Lipinski definition) is 1. The molecule has 21 heavy (non-hydrogen) atoms. The number of alkyl halides is 2. The van der Waals surface area contributed by atoms with Crippen molar-refractivity contribution in [1.82, 2.24) is 19.9 Å². The number of nitrogens with zero attached hydrogens (tertiary/aromatic N) is 4. The summed E-state index contributed by atoms with van der Waals surface area (Å²) in [6, 6.07) is 1.77. The predicted molar refractivity (Wildman–Crippen MR) is 72.9 cm³/mol. The minimum Gasteiger partial charge on any atom is -0.392 e. The summed E-state index contributed by atoms with van der Waals surface area (Å²) in [6.07, 6.45) is -0.498. The molecule has 0 amide bonds. The first-order valence-electron chi connectivity index (χ1n) is 6.84. The molecular weight excluding hydrogens is 278 g/mol. The van der Waals surface area contributed by atoms with Gasteiger partial charge in [-0.15, -0.1) is 0 Å². The van der Waals surface area contributed by atoms with E-state index in [1.54, 1.807) is 19.2 Å². The molecule has 0 spiro atoms. The van der Waals surface area contributed by atoms with Crippen LogP contribution in [0.2, 0.25) is 0 Å². The molecule has 3 heterocycles. The topological polar surface area (TPSA) is 62.1 Å². The van der Waals surface area contributed by atoms with Crippen LogP contribution in [0.4, 0.5) is 8.78 Å². The van der Waals surface area contributed by atoms with Gasteiger partial charge in [0.15, 0.2) is 5.82 Å². The normalized spacial score (nSPS) is 19.8. The Hall–Kier alpha value is -1.73. The predicted octanol–water partition coefficient (Wildman–Crippen LogP) is 1.84. The van der Waals surface area contributed by atoms with Crippen LogP contribution in [0.5, 0.6) is 0 Å². The molecule has 1 atom stereocenters. The smallest absolute Gasteiger partial charge is 0.297 e. The second kappa shape index (κ2) is 5.57. The summed E-state index contributed by atoms with van der Waals surface area (Å²) in [4.78, 5) is 14.1. The highest BCUT2D eigenvalue weighted by molar-refractivity contribution is 5.76. The first-order valence-corrected chi connectivity index (χ1v) is 6.84. The molecule has 0 bridgehead atoms. The summed E-state index contributed by atoms with van der Waals surface area (Å²) in [5.41, 5.74) is 2.34. The van der Waals surface area contributed by atoms with Crippen LogP contribution in [0, 0.1) is 6.92 Å². The van der Waals surface area contributed by atoms with Crippen molar-refractivity contribution in [2.75, 3.05) is 13.1 Å². The molecule has 1 N–H and O–H groups in total. The number of halogens is 2. The number of hydrogen-bond acceptors (Lipinski definition) is 5. The summed E-state index contributed by atoms with van der Waals surface area (Å²) in [5, 5.41) is 9.52. The lowest BCUT2D eigenvalue weighted by Gasteiger charge is -2.15. The van der Waals surface area contributed by atoms with E-state index in [2.05, 4.69) is 19.9 Å². The number of pyridine rings is 1. The van der Waals surface area contributed by atoms with E-state index in [4.69, 9.17) is 0 Å². The maximum absolute atomic E-state index is 12.8. The van der Waals surface area contributed by atoms with Gasteiger partial charge < -0.3 is 5.11 Å². The Labute approximate surface area is 120 Å². The average Bonchev–Trinajstić information content (AvgIpc) is 2.83. The van der Waals surface area contributed by atoms with Crippen molar-refractivity contribution in [1.29, 1.82) is 0 Å². The van der Waals surface area contributed by atoms with E-state index >= 15 is 0 Å². The molecule has 1 saturated heterocycles. The summed E-state index contributed by atoms with van der Waals surface area (Å²) >= 11 is 0. The highest BCUT2D eigenvalue weighted by Gasteiger charge is 2.20. The van der Waals surface area contributed by atoms with Gasteiger partial charge in [0.05, 0.1) is 17.3 Å². The molecule has 1 aliphatic rings. The van der Waals surface area contributed by atoms with Gasteiger partial charge in [-0.3, -0.25) is 9.88 Å². The third kappa shape index (κ3) is 2.98. The molecule has 1 unspecified atom stereocenters. The standard InChI is InChI=1S/C14H16F2N4O/c1-8-12-11(19-14(18-8)13(15)16)4-9(5-17-12)6-20-3-2-10(21)7-20/h4-5,10,13,21H,2-3,6-7H2,1H3. The van der Waals surface area contributed by atoms with Crippen LogP contribution in [0.25, 0.3) is 11.0 Å². The van der Waals surface area contributed by atoms with E-state index in [1.807, 2.05) is 0 Å². The van der Waals surface area contributed by atoms with Crippen LogP contribution in [0.3, 0.4) is 0 Å². The van der Waals surface area contributed by atoms with Crippen molar-refractivity contribution < 1.29 is 13.9 Å². The van der Waals surface area contributed by atoms with Crippen LogP contribution in [0.15, 0.2) is 12.3 Å². The molecule has 1 aliphatic heterocycles. The number of aryl methyl sites for hydroxylation is 1. The molecule has 0 aromatic carbocycles. The fraction of sp³-hybridized carbons (Fsp3) is 0.500. The number of rotatable bonds is 3. The molecule has 3 rings (SSSR count). The lowest BCUT2D eigenvalue weighted by Crippen LogP contribution is -2.21. The van der Waals surface area contributed by atoms with Crippen molar-refractivity contribution in [3.8, 4) is 0 Å². The monoisotopic (exact) mass is 294 g/mol. The van der Waals surface area contributed by atoms with Gasteiger partial charge in [0.25, 0.3) is 6.43 Å². The molecule has 0 saturated carbocycles. The lowest BCUT2D eigenvalue weighted by atomic mass is 10.2. The fourth-order valence-corrected chi connectivity index (χ4v) is 2.63. The third-order valence-corrected chi connectivity index (χ3v) is 3.63. The van der Waals surface area contributed by atoms with E-state index in [-0.39, 0.29) is 6.10 Å². The molecule has 0 aliphatic carbocycles. The third-order valence-electron chi connectivity index (χ3n) is 3.63. The lowest BCUT2D eigenvalue weighted by molar-refractivity contribution is 0.140. The second-order valence-corrected chi connectivity index (χ2v) is 5.36. The first kappa shape index (κ1) is 14.2. The van der Waals surface area contributed by atoms with E-state index in [1.165, 1.54) is 0 Å². The first-order chi connectivity index (χ1) is 10.0. The fourth-order valence-electron chi connectivity index (χ4n) is 2.63. The Kier molecular flexibility index (Phi) is 3.77. The van der Waals surface area contributed by atoms with Crippen LogP contribution in [-0.2, 0) is 6.54 Å². The van der Waals surface area contributed by atoms with Crippen molar-refractivity contribution in [3.05, 3.63) is 29.3 Å². The van der Waals surface area contributed by atoms with Gasteiger partial charge in [0.1, 0.15) is 5.52 Å². The molecule has 7 heteroatoms. The molecule has 2 aromatic rings. The summed E-state index contributed by atoms with van der Waals surface area (Å²) < 4.78 is 25.5. The highest BCUT2D eigenvalue weighted by atomic mass is 19.3. The second-order valence-electron chi connectivity index (χ2n) is 5.36. The van der Waals surface area contributed by atoms with Gasteiger partial charge >= 0.3 is 0 Å². The Morgan fingerprint density at radius 3 is 2.90 bits per heavy atom. The zero-order chi connectivity index (χ0) is 15.0. The largest absolute Gasteiger partial charge is 0.392 e. The van der Waals surface area contributed by atoms with E-state index in [9.17, 15) is 13.9 Å². The van der Waals surface area contributed by atoms with Gasteiger partial charge in [-0.2, -0.15) is 0 Å². The van der Waals surface area contributed by atoms with E-state index < -0.39 is 12.2 Å². The molecule has 112 valence electrons. The van der Waals surface area contributed by atoms with Gasteiger partial charge in [-0.1, -0.05) is 0 Å². The van der Waals surface area contributed by atoms with Crippen molar-refractivity contribution >= 4 is 11.0 Å². The zero-order valence-electron chi connectivity index (χ0n) is 11.6. The molecular formula is C14H16F2N4O. The molecule has 1 fully saturated rings. The van der Waals surface area contributed by atoms with Gasteiger partial charge in [0, 0.05) is 25.8 Å².